The minimum absolute atomic E-state index is 0.0514. The minimum Gasteiger partial charge on any atom is -0.392 e. The smallest absolute Gasteiger partial charge is 0.161 e. The van der Waals surface area contributed by atoms with E-state index >= 15 is 0 Å². The molecule has 0 bridgehead atoms. The lowest BCUT2D eigenvalue weighted by atomic mass is 9.43. The van der Waals surface area contributed by atoms with E-state index in [9.17, 15) is 25.2 Å². The third-order valence-electron chi connectivity index (χ3n) is 17.9. The van der Waals surface area contributed by atoms with Crippen molar-refractivity contribution in [2.45, 2.75) is 241 Å². The van der Waals surface area contributed by atoms with Gasteiger partial charge >= 0.3 is 0 Å². The summed E-state index contributed by atoms with van der Waals surface area (Å²) < 4.78 is 75.1. The largest absolute Gasteiger partial charge is 0.392 e. The molecule has 8 aliphatic rings. The van der Waals surface area contributed by atoms with Crippen LogP contribution in [0.25, 0.3) is 0 Å². The highest BCUT2D eigenvalue weighted by atomic mass is 16.8. The van der Waals surface area contributed by atoms with Crippen LogP contribution in [-0.4, -0.2) is 176 Å². The van der Waals surface area contributed by atoms with Crippen LogP contribution in [0.5, 0.6) is 0 Å². The van der Waals surface area contributed by atoms with Crippen molar-refractivity contribution in [2.75, 3.05) is 28.4 Å². The fourth-order valence-corrected chi connectivity index (χ4v) is 14.0. The van der Waals surface area contributed by atoms with Gasteiger partial charge in [0, 0.05) is 71.4 Å². The van der Waals surface area contributed by atoms with Crippen LogP contribution < -0.4 is 0 Å². The molecule has 0 aromatic heterocycles. The number of fused-ring (bicyclic) bond motifs is 5. The van der Waals surface area contributed by atoms with Crippen LogP contribution in [0.1, 0.15) is 119 Å². The number of rotatable bonds is 13. The Kier molecular flexibility index (Phi) is 15.3. The molecule has 0 amide bonds. The molecular formula is C49H80O17. The van der Waals surface area contributed by atoms with Gasteiger partial charge in [0.25, 0.3) is 0 Å². The maximum Gasteiger partial charge on any atom is 0.161 e. The molecule has 8 rings (SSSR count). The molecule has 24 atom stereocenters. The molecular weight excluding hydrogens is 861 g/mol. The zero-order valence-electron chi connectivity index (χ0n) is 41.0. The Balaban J connectivity index is 0.843. The number of hydrogen-bond acceptors (Lipinski definition) is 17. The van der Waals surface area contributed by atoms with Crippen molar-refractivity contribution in [2.24, 2.45) is 22.7 Å². The van der Waals surface area contributed by atoms with E-state index in [0.29, 0.717) is 57.8 Å². The quantitative estimate of drug-likeness (QED) is 0.193. The summed E-state index contributed by atoms with van der Waals surface area (Å²) in [4.78, 5) is 12.7. The summed E-state index contributed by atoms with van der Waals surface area (Å²) in [6, 6.07) is 0. The van der Waals surface area contributed by atoms with Crippen LogP contribution >= 0.6 is 0 Å². The topological polar surface area (TPSA) is 209 Å². The molecule has 4 aliphatic carbocycles. The number of ketones is 1. The van der Waals surface area contributed by atoms with E-state index in [0.717, 1.165) is 0 Å². The number of carbonyl (C=O) groups is 1. The van der Waals surface area contributed by atoms with E-state index in [1.807, 2.05) is 20.8 Å². The Bertz CT molecular complexity index is 1720. The van der Waals surface area contributed by atoms with Crippen molar-refractivity contribution >= 4 is 5.78 Å². The first-order chi connectivity index (χ1) is 31.2. The average Bonchev–Trinajstić information content (AvgIpc) is 3.58. The summed E-state index contributed by atoms with van der Waals surface area (Å²) in [7, 11) is 6.53. The van der Waals surface area contributed by atoms with Gasteiger partial charge in [0.15, 0.2) is 25.2 Å². The Morgan fingerprint density at radius 2 is 1.09 bits per heavy atom. The SMILES string of the molecule is CO[C@H]1C[C@H](O[C@H]2CC[C@@]3(C)C(=CC[C@]4(O)[C@@H]3C[C@@H](O)[C@]3(C)[C@H](C(C)=O)CC[C@@]34O)C2)O[C@H](C)[C@H]1O[C@H]1C[C@H](OC)[C@H](O[C@H]2C[C@@H](OC)[C@H](O[C@H]3C[C@@H](OC)[C@H](O)[C@@H](C)O3)[C@@H](C)O2)[C@@H](C)O1. The average molecular weight is 941 g/mol. The number of carbonyl (C=O) groups excluding carboxylic acids is 1. The van der Waals surface area contributed by atoms with Gasteiger partial charge in [-0.3, -0.25) is 4.79 Å². The van der Waals surface area contributed by atoms with E-state index in [-0.39, 0.29) is 49.0 Å². The summed E-state index contributed by atoms with van der Waals surface area (Å²) in [5.74, 6) is -0.921. The lowest BCUT2D eigenvalue weighted by Crippen LogP contribution is -2.75. The van der Waals surface area contributed by atoms with Crippen molar-refractivity contribution in [3.05, 3.63) is 11.6 Å². The molecule has 4 heterocycles. The van der Waals surface area contributed by atoms with Crippen molar-refractivity contribution < 1.29 is 82.1 Å². The number of ether oxygens (including phenoxy) is 12. The van der Waals surface area contributed by atoms with Gasteiger partial charge in [-0.2, -0.15) is 0 Å². The second-order valence-electron chi connectivity index (χ2n) is 21.3. The van der Waals surface area contributed by atoms with Crippen LogP contribution in [0.2, 0.25) is 0 Å². The van der Waals surface area contributed by atoms with E-state index in [1.54, 1.807) is 42.3 Å². The summed E-state index contributed by atoms with van der Waals surface area (Å²) in [6.07, 6.45) is -1.60. The van der Waals surface area contributed by atoms with Gasteiger partial charge in [-0.15, -0.1) is 0 Å². The van der Waals surface area contributed by atoms with Crippen LogP contribution in [0, 0.1) is 22.7 Å². The lowest BCUT2D eigenvalue weighted by Gasteiger charge is -2.66. The van der Waals surface area contributed by atoms with E-state index < -0.39 is 114 Å². The van der Waals surface area contributed by atoms with Crippen molar-refractivity contribution in [1.29, 1.82) is 0 Å². The Labute approximate surface area is 390 Å². The third-order valence-corrected chi connectivity index (χ3v) is 17.9. The summed E-state index contributed by atoms with van der Waals surface area (Å²) >= 11 is 0. The first-order valence-corrected chi connectivity index (χ1v) is 24.6. The fourth-order valence-electron chi connectivity index (χ4n) is 14.0. The van der Waals surface area contributed by atoms with Crippen LogP contribution in [0.4, 0.5) is 0 Å². The van der Waals surface area contributed by atoms with Crippen LogP contribution in [0.15, 0.2) is 11.6 Å². The monoisotopic (exact) mass is 941 g/mol. The Morgan fingerprint density at radius 3 is 1.56 bits per heavy atom. The van der Waals surface area contributed by atoms with Gasteiger partial charge in [0.05, 0.1) is 61.0 Å². The maximum atomic E-state index is 12.7. The maximum absolute atomic E-state index is 12.7. The highest BCUT2D eigenvalue weighted by Crippen LogP contribution is 2.69. The zero-order valence-corrected chi connectivity index (χ0v) is 41.0. The Morgan fingerprint density at radius 1 is 0.636 bits per heavy atom. The predicted octanol–water partition coefficient (Wildman–Crippen LogP) is 3.86. The number of aliphatic hydroxyl groups is 4. The van der Waals surface area contributed by atoms with Gasteiger partial charge in [-0.1, -0.05) is 25.5 Å². The highest BCUT2D eigenvalue weighted by molar-refractivity contribution is 5.80. The van der Waals surface area contributed by atoms with E-state index in [4.69, 9.17) is 56.8 Å². The van der Waals surface area contributed by atoms with Crippen LogP contribution in [0.3, 0.4) is 0 Å². The molecule has 17 nitrogen and oxygen atoms in total. The third kappa shape index (κ3) is 8.82. The molecule has 17 heteroatoms. The molecule has 0 aromatic rings. The molecule has 0 aromatic carbocycles. The molecule has 0 radical (unpaired) electrons. The second kappa shape index (κ2) is 19.8. The van der Waals surface area contributed by atoms with E-state index in [2.05, 4.69) is 13.0 Å². The van der Waals surface area contributed by atoms with E-state index in [1.165, 1.54) is 12.5 Å². The molecule has 4 saturated heterocycles. The molecule has 4 N–H and O–H groups in total. The van der Waals surface area contributed by atoms with Gasteiger partial charge in [0.1, 0.15) is 41.4 Å². The Hall–Kier alpha value is -1.23. The lowest BCUT2D eigenvalue weighted by molar-refractivity contribution is -0.347. The van der Waals surface area contributed by atoms with Crippen molar-refractivity contribution in [1.82, 2.24) is 0 Å². The minimum atomic E-state index is -1.58. The number of Topliss-reactive ketones (excluding diaryl/α,β-unsaturated/α-hetero) is 1. The summed E-state index contributed by atoms with van der Waals surface area (Å²) in [6.45, 7) is 13.1. The number of aliphatic hydroxyl groups excluding tert-OH is 2. The highest BCUT2D eigenvalue weighted by Gasteiger charge is 2.76. The normalized spacial score (nSPS) is 53.0. The first kappa shape index (κ1) is 51.1. The standard InChI is InChI=1S/C49H80O17/c1-24(50)31-14-17-49(54)47(31,7)37(51)23-36-46(6)15-13-30(18-29(46)12-16-48(36,49)53)63-38-20-33(56-9)43(26(3)60-38)65-40-22-35(58-11)45(28(5)62-40)66-41-21-34(57-10)44(27(4)61-41)64-39-19-32(55-8)42(52)25(2)59-39/h12,25-28,30-45,51-54H,13-23H2,1-11H3/t25-,26-,27-,28-,30+,31+,32-,33+,34-,35+,36-,37-,38+,39+,40+,41+,42-,43-,44-,45-,46+,47+,48+,49-/m1/s1. The van der Waals surface area contributed by atoms with Gasteiger partial charge in [0.2, 0.25) is 0 Å². The fraction of sp³-hybridized carbons (Fsp3) is 0.939. The molecule has 7 fully saturated rings. The number of hydrogen-bond donors (Lipinski definition) is 4. The van der Waals surface area contributed by atoms with Gasteiger partial charge < -0.3 is 77.3 Å². The van der Waals surface area contributed by atoms with Crippen molar-refractivity contribution in [3.63, 3.8) is 0 Å². The number of methoxy groups -OCH3 is 4. The molecule has 0 unspecified atom stereocenters. The molecule has 378 valence electrons. The summed E-state index contributed by atoms with van der Waals surface area (Å²) in [5, 5.41) is 47.1. The molecule has 0 spiro atoms. The summed E-state index contributed by atoms with van der Waals surface area (Å²) in [5.41, 5.74) is -3.43. The second-order valence-corrected chi connectivity index (χ2v) is 21.3. The molecule has 66 heavy (non-hydrogen) atoms. The first-order valence-electron chi connectivity index (χ1n) is 24.6. The molecule has 3 saturated carbocycles. The van der Waals surface area contributed by atoms with Crippen molar-refractivity contribution in [3.8, 4) is 0 Å². The van der Waals surface area contributed by atoms with Gasteiger partial charge in [-0.25, -0.2) is 0 Å². The predicted molar refractivity (Wildman–Crippen MR) is 235 cm³/mol. The van der Waals surface area contributed by atoms with Gasteiger partial charge in [-0.05, 0) is 85.0 Å². The molecule has 4 aliphatic heterocycles. The zero-order chi connectivity index (χ0) is 47.7. The van der Waals surface area contributed by atoms with Crippen LogP contribution in [-0.2, 0) is 61.6 Å².